The number of benzene rings is 1. The van der Waals surface area contributed by atoms with Crippen LogP contribution in [0.5, 0.6) is 0 Å². The smallest absolute Gasteiger partial charge is 0.220 e. The second kappa shape index (κ2) is 8.84. The first kappa shape index (κ1) is 20.0. The minimum absolute atomic E-state index is 0.0658. The number of hydrogen-bond acceptors (Lipinski definition) is 2. The Bertz CT molecular complexity index is 525. The number of carbonyl (C=O) groups excluding carboxylic acids is 1. The van der Waals surface area contributed by atoms with E-state index in [1.54, 1.807) is 0 Å². The lowest BCUT2D eigenvalue weighted by Crippen LogP contribution is -2.35. The van der Waals surface area contributed by atoms with Crippen molar-refractivity contribution in [1.29, 1.82) is 0 Å². The molecule has 1 aliphatic carbocycles. The van der Waals surface area contributed by atoms with E-state index in [9.17, 15) is 4.79 Å². The third-order valence-electron chi connectivity index (χ3n) is 5.31. The second-order valence-corrected chi connectivity index (χ2v) is 9.14. The summed E-state index contributed by atoms with van der Waals surface area (Å²) in [6, 6.07) is 11.4. The maximum Gasteiger partial charge on any atom is 0.220 e. The lowest BCUT2D eigenvalue weighted by molar-refractivity contribution is -0.123. The van der Waals surface area contributed by atoms with Gasteiger partial charge in [-0.3, -0.25) is 4.79 Å². The van der Waals surface area contributed by atoms with E-state index in [2.05, 4.69) is 75.4 Å². The summed E-state index contributed by atoms with van der Waals surface area (Å²) < 4.78 is 0. The monoisotopic (exact) mass is 344 g/mol. The molecule has 1 atom stereocenters. The lowest BCUT2D eigenvalue weighted by atomic mass is 9.76. The van der Waals surface area contributed by atoms with Gasteiger partial charge in [-0.1, -0.05) is 51.1 Å². The van der Waals surface area contributed by atoms with E-state index in [4.69, 9.17) is 0 Å². The molecule has 0 aromatic heterocycles. The molecule has 0 saturated heterocycles. The SMILES string of the molecule is CN(C)C(c1ccccc1)C1CCC(CNC(=O)CC(C)(C)C)CC1. The van der Waals surface area contributed by atoms with E-state index < -0.39 is 0 Å². The summed E-state index contributed by atoms with van der Waals surface area (Å²) in [4.78, 5) is 14.4. The Morgan fingerprint density at radius 2 is 1.72 bits per heavy atom. The number of hydrogen-bond donors (Lipinski definition) is 1. The van der Waals surface area contributed by atoms with Gasteiger partial charge < -0.3 is 10.2 Å². The Morgan fingerprint density at radius 1 is 1.12 bits per heavy atom. The van der Waals surface area contributed by atoms with Crippen LogP contribution in [0.15, 0.2) is 30.3 Å². The first-order valence-corrected chi connectivity index (χ1v) is 9.74. The van der Waals surface area contributed by atoms with E-state index in [0.29, 0.717) is 24.3 Å². The van der Waals surface area contributed by atoms with Gasteiger partial charge >= 0.3 is 0 Å². The van der Waals surface area contributed by atoms with Crippen molar-refractivity contribution in [2.75, 3.05) is 20.6 Å². The zero-order chi connectivity index (χ0) is 18.4. The van der Waals surface area contributed by atoms with Gasteiger partial charge in [-0.25, -0.2) is 0 Å². The van der Waals surface area contributed by atoms with Crippen molar-refractivity contribution >= 4 is 5.91 Å². The molecule has 0 spiro atoms. The van der Waals surface area contributed by atoms with Crippen molar-refractivity contribution in [3.8, 4) is 0 Å². The topological polar surface area (TPSA) is 32.3 Å². The Labute approximate surface area is 154 Å². The van der Waals surface area contributed by atoms with Crippen LogP contribution in [0, 0.1) is 17.3 Å². The molecule has 1 N–H and O–H groups in total. The van der Waals surface area contributed by atoms with Gasteiger partial charge in [0.1, 0.15) is 0 Å². The van der Waals surface area contributed by atoms with Gasteiger partial charge in [0, 0.05) is 19.0 Å². The van der Waals surface area contributed by atoms with Crippen LogP contribution in [-0.4, -0.2) is 31.4 Å². The molecule has 1 saturated carbocycles. The number of nitrogens with zero attached hydrogens (tertiary/aromatic N) is 1. The van der Waals surface area contributed by atoms with Gasteiger partial charge in [-0.2, -0.15) is 0 Å². The average molecular weight is 345 g/mol. The molecular weight excluding hydrogens is 308 g/mol. The number of rotatable bonds is 6. The number of carbonyl (C=O) groups is 1. The Balaban J connectivity index is 1.83. The fourth-order valence-electron chi connectivity index (χ4n) is 4.15. The fraction of sp³-hybridized carbons (Fsp3) is 0.682. The number of amides is 1. The Morgan fingerprint density at radius 3 is 2.24 bits per heavy atom. The van der Waals surface area contributed by atoms with Crippen LogP contribution >= 0.6 is 0 Å². The molecule has 1 aliphatic rings. The predicted octanol–water partition coefficient (Wildman–Crippen LogP) is 4.65. The largest absolute Gasteiger partial charge is 0.356 e. The molecule has 1 unspecified atom stereocenters. The molecular formula is C22H36N2O. The van der Waals surface area contributed by atoms with Crippen molar-refractivity contribution in [3.05, 3.63) is 35.9 Å². The highest BCUT2D eigenvalue weighted by molar-refractivity contribution is 5.76. The molecule has 2 rings (SSSR count). The minimum Gasteiger partial charge on any atom is -0.356 e. The average Bonchev–Trinajstić information content (AvgIpc) is 2.53. The molecule has 1 amide bonds. The van der Waals surface area contributed by atoms with Crippen molar-refractivity contribution in [1.82, 2.24) is 10.2 Å². The summed E-state index contributed by atoms with van der Waals surface area (Å²) in [5.41, 5.74) is 1.49. The maximum absolute atomic E-state index is 12.0. The molecule has 25 heavy (non-hydrogen) atoms. The molecule has 0 heterocycles. The predicted molar refractivity (Wildman–Crippen MR) is 105 cm³/mol. The summed E-state index contributed by atoms with van der Waals surface area (Å²) in [7, 11) is 4.38. The van der Waals surface area contributed by atoms with E-state index in [1.165, 1.54) is 31.2 Å². The molecule has 3 heteroatoms. The summed E-state index contributed by atoms with van der Waals surface area (Å²) in [6.07, 6.45) is 5.55. The Hall–Kier alpha value is -1.35. The van der Waals surface area contributed by atoms with E-state index in [-0.39, 0.29) is 11.3 Å². The molecule has 140 valence electrons. The van der Waals surface area contributed by atoms with Gasteiger partial charge in [0.15, 0.2) is 0 Å². The van der Waals surface area contributed by atoms with E-state index in [0.717, 1.165) is 6.54 Å². The maximum atomic E-state index is 12.0. The molecule has 0 bridgehead atoms. The molecule has 0 radical (unpaired) electrons. The van der Waals surface area contributed by atoms with Gasteiger partial charge in [0.25, 0.3) is 0 Å². The summed E-state index contributed by atoms with van der Waals surface area (Å²) in [5, 5.41) is 3.16. The molecule has 0 aliphatic heterocycles. The summed E-state index contributed by atoms with van der Waals surface area (Å²) >= 11 is 0. The zero-order valence-electron chi connectivity index (χ0n) is 16.7. The molecule has 1 aromatic carbocycles. The van der Waals surface area contributed by atoms with Crippen LogP contribution in [-0.2, 0) is 4.79 Å². The lowest BCUT2D eigenvalue weighted by Gasteiger charge is -2.37. The summed E-state index contributed by atoms with van der Waals surface area (Å²) in [5.74, 6) is 1.54. The molecule has 1 fully saturated rings. The van der Waals surface area contributed by atoms with Crippen LogP contribution in [0.1, 0.15) is 64.5 Å². The quantitative estimate of drug-likeness (QED) is 0.815. The van der Waals surface area contributed by atoms with Crippen molar-refractivity contribution in [3.63, 3.8) is 0 Å². The van der Waals surface area contributed by atoms with Crippen molar-refractivity contribution < 1.29 is 4.79 Å². The van der Waals surface area contributed by atoms with E-state index >= 15 is 0 Å². The third-order valence-corrected chi connectivity index (χ3v) is 5.31. The van der Waals surface area contributed by atoms with Crippen LogP contribution in [0.3, 0.4) is 0 Å². The van der Waals surface area contributed by atoms with Crippen LogP contribution in [0.25, 0.3) is 0 Å². The summed E-state index contributed by atoms with van der Waals surface area (Å²) in [6.45, 7) is 7.19. The highest BCUT2D eigenvalue weighted by Gasteiger charge is 2.30. The van der Waals surface area contributed by atoms with Gasteiger partial charge in [-0.05, 0) is 62.6 Å². The molecule has 1 aromatic rings. The van der Waals surface area contributed by atoms with E-state index in [1.807, 2.05) is 0 Å². The first-order chi connectivity index (χ1) is 11.8. The Kier molecular flexibility index (Phi) is 7.06. The van der Waals surface area contributed by atoms with Gasteiger partial charge in [0.05, 0.1) is 0 Å². The van der Waals surface area contributed by atoms with Gasteiger partial charge in [-0.15, -0.1) is 0 Å². The highest BCUT2D eigenvalue weighted by atomic mass is 16.1. The van der Waals surface area contributed by atoms with Crippen molar-refractivity contribution in [2.24, 2.45) is 17.3 Å². The highest BCUT2D eigenvalue weighted by Crippen LogP contribution is 2.39. The minimum atomic E-state index is 0.0658. The van der Waals surface area contributed by atoms with Crippen LogP contribution in [0.4, 0.5) is 0 Å². The van der Waals surface area contributed by atoms with Crippen LogP contribution < -0.4 is 5.32 Å². The molecule has 3 nitrogen and oxygen atoms in total. The first-order valence-electron chi connectivity index (χ1n) is 9.74. The van der Waals surface area contributed by atoms with Crippen molar-refractivity contribution in [2.45, 2.75) is 58.9 Å². The zero-order valence-corrected chi connectivity index (χ0v) is 16.7. The van der Waals surface area contributed by atoms with Gasteiger partial charge in [0.2, 0.25) is 5.91 Å². The fourth-order valence-corrected chi connectivity index (χ4v) is 4.15. The standard InChI is InChI=1S/C22H36N2O/c1-22(2,3)15-20(25)23-16-17-11-13-19(14-12-17)21(24(4)5)18-9-7-6-8-10-18/h6-10,17,19,21H,11-16H2,1-5H3,(H,23,25). The third kappa shape index (κ3) is 6.47. The second-order valence-electron chi connectivity index (χ2n) is 9.14. The number of nitrogens with one attached hydrogen (secondary N) is 1. The normalized spacial score (nSPS) is 22.6. The van der Waals surface area contributed by atoms with Crippen LogP contribution in [0.2, 0.25) is 0 Å².